The van der Waals surface area contributed by atoms with Gasteiger partial charge in [0.15, 0.2) is 0 Å². The standard InChI is InChI=1S/C12H19N3O2/c1-15-8-7-13-11(15)14-9-12(10(16)17)5-3-2-4-6-12/h7-8H,2-6,9H2,1H3,(H,13,14)(H,16,17). The highest BCUT2D eigenvalue weighted by molar-refractivity contribution is 5.75. The first-order valence-electron chi connectivity index (χ1n) is 6.09. The fraction of sp³-hybridized carbons (Fsp3) is 0.667. The first-order chi connectivity index (χ1) is 8.14. The summed E-state index contributed by atoms with van der Waals surface area (Å²) in [5.74, 6) is 0.0510. The molecule has 1 aromatic rings. The molecule has 1 aromatic heterocycles. The second-order valence-electron chi connectivity index (χ2n) is 4.86. The zero-order valence-corrected chi connectivity index (χ0v) is 10.1. The normalized spacial score (nSPS) is 18.9. The maximum absolute atomic E-state index is 11.5. The van der Waals surface area contributed by atoms with Crippen LogP contribution in [0, 0.1) is 5.41 Å². The van der Waals surface area contributed by atoms with E-state index in [4.69, 9.17) is 0 Å². The van der Waals surface area contributed by atoms with Gasteiger partial charge in [-0.3, -0.25) is 4.79 Å². The minimum atomic E-state index is -0.682. The summed E-state index contributed by atoms with van der Waals surface area (Å²) in [5.41, 5.74) is -0.607. The molecule has 0 amide bonds. The largest absolute Gasteiger partial charge is 0.481 e. The molecule has 1 heterocycles. The number of hydrogen-bond acceptors (Lipinski definition) is 3. The minimum Gasteiger partial charge on any atom is -0.481 e. The smallest absolute Gasteiger partial charge is 0.311 e. The molecule has 0 radical (unpaired) electrons. The maximum Gasteiger partial charge on any atom is 0.311 e. The summed E-state index contributed by atoms with van der Waals surface area (Å²) in [6.45, 7) is 0.465. The van der Waals surface area contributed by atoms with Crippen LogP contribution in [0.3, 0.4) is 0 Å². The van der Waals surface area contributed by atoms with Crippen LogP contribution >= 0.6 is 0 Å². The van der Waals surface area contributed by atoms with Gasteiger partial charge in [-0.15, -0.1) is 0 Å². The van der Waals surface area contributed by atoms with Crippen LogP contribution in [0.5, 0.6) is 0 Å². The number of aromatic nitrogens is 2. The molecular weight excluding hydrogens is 218 g/mol. The monoisotopic (exact) mass is 237 g/mol. The third-order valence-corrected chi connectivity index (χ3v) is 3.67. The number of carboxylic acids is 1. The Labute approximate surface area is 101 Å². The summed E-state index contributed by atoms with van der Waals surface area (Å²) in [5, 5.41) is 12.6. The van der Waals surface area contributed by atoms with Gasteiger partial charge in [0.25, 0.3) is 0 Å². The van der Waals surface area contributed by atoms with Crippen molar-refractivity contribution in [2.75, 3.05) is 11.9 Å². The Morgan fingerprint density at radius 1 is 1.53 bits per heavy atom. The third-order valence-electron chi connectivity index (χ3n) is 3.67. The minimum absolute atomic E-state index is 0.465. The summed E-state index contributed by atoms with van der Waals surface area (Å²) < 4.78 is 1.86. The fourth-order valence-electron chi connectivity index (χ4n) is 2.48. The number of aliphatic carboxylic acids is 1. The molecule has 17 heavy (non-hydrogen) atoms. The first-order valence-corrected chi connectivity index (χ1v) is 6.09. The lowest BCUT2D eigenvalue weighted by Crippen LogP contribution is -2.40. The van der Waals surface area contributed by atoms with E-state index in [1.165, 1.54) is 0 Å². The number of imidazole rings is 1. The summed E-state index contributed by atoms with van der Waals surface area (Å²) in [7, 11) is 1.89. The molecule has 0 aromatic carbocycles. The van der Waals surface area contributed by atoms with Crippen molar-refractivity contribution >= 4 is 11.9 Å². The van der Waals surface area contributed by atoms with Crippen LogP contribution in [-0.4, -0.2) is 27.2 Å². The maximum atomic E-state index is 11.5. The number of rotatable bonds is 4. The molecule has 0 atom stereocenters. The van der Waals surface area contributed by atoms with E-state index < -0.39 is 11.4 Å². The van der Waals surface area contributed by atoms with Crippen LogP contribution in [0.15, 0.2) is 12.4 Å². The van der Waals surface area contributed by atoms with Gasteiger partial charge in [-0.1, -0.05) is 19.3 Å². The third kappa shape index (κ3) is 2.43. The predicted octanol–water partition coefficient (Wildman–Crippen LogP) is 1.87. The van der Waals surface area contributed by atoms with Gasteiger partial charge in [0.1, 0.15) is 0 Å². The van der Waals surface area contributed by atoms with Crippen molar-refractivity contribution in [2.24, 2.45) is 12.5 Å². The molecule has 5 nitrogen and oxygen atoms in total. The van der Waals surface area contributed by atoms with E-state index in [-0.39, 0.29) is 0 Å². The molecule has 0 aliphatic heterocycles. The van der Waals surface area contributed by atoms with Gasteiger partial charge < -0.3 is 15.0 Å². The summed E-state index contributed by atoms with van der Waals surface area (Å²) in [6.07, 6.45) is 8.24. The average Bonchev–Trinajstić information content (AvgIpc) is 2.73. The van der Waals surface area contributed by atoms with E-state index in [1.54, 1.807) is 6.20 Å². The fourth-order valence-corrected chi connectivity index (χ4v) is 2.48. The summed E-state index contributed by atoms with van der Waals surface area (Å²) in [4.78, 5) is 15.6. The van der Waals surface area contributed by atoms with E-state index in [2.05, 4.69) is 10.3 Å². The molecule has 1 aliphatic carbocycles. The molecule has 0 saturated heterocycles. The molecule has 0 bridgehead atoms. The first kappa shape index (κ1) is 12.0. The number of hydrogen-bond donors (Lipinski definition) is 2. The van der Waals surface area contributed by atoms with Gasteiger partial charge in [0.05, 0.1) is 5.41 Å². The number of carboxylic acid groups (broad SMARTS) is 1. The van der Waals surface area contributed by atoms with Crippen molar-refractivity contribution in [3.63, 3.8) is 0 Å². The Morgan fingerprint density at radius 2 is 2.24 bits per heavy atom. The second kappa shape index (κ2) is 4.77. The van der Waals surface area contributed by atoms with Crippen molar-refractivity contribution in [3.05, 3.63) is 12.4 Å². The molecule has 2 N–H and O–H groups in total. The lowest BCUT2D eigenvalue weighted by Gasteiger charge is -2.33. The lowest BCUT2D eigenvalue weighted by atomic mass is 9.74. The van der Waals surface area contributed by atoms with Gasteiger partial charge in [0.2, 0.25) is 5.95 Å². The van der Waals surface area contributed by atoms with Gasteiger partial charge in [0, 0.05) is 26.0 Å². The van der Waals surface area contributed by atoms with Crippen LogP contribution < -0.4 is 5.32 Å². The number of nitrogens with zero attached hydrogens (tertiary/aromatic N) is 2. The van der Waals surface area contributed by atoms with Gasteiger partial charge in [-0.25, -0.2) is 4.98 Å². The Balaban J connectivity index is 2.03. The van der Waals surface area contributed by atoms with E-state index in [0.717, 1.165) is 38.1 Å². The number of aryl methyl sites for hydroxylation is 1. The van der Waals surface area contributed by atoms with Crippen molar-refractivity contribution < 1.29 is 9.90 Å². The lowest BCUT2D eigenvalue weighted by molar-refractivity contribution is -0.150. The van der Waals surface area contributed by atoms with E-state index in [9.17, 15) is 9.90 Å². The number of anilines is 1. The van der Waals surface area contributed by atoms with E-state index in [1.807, 2.05) is 17.8 Å². The summed E-state index contributed by atoms with van der Waals surface area (Å²) >= 11 is 0. The zero-order chi connectivity index (χ0) is 12.3. The van der Waals surface area contributed by atoms with Crippen molar-refractivity contribution in [3.8, 4) is 0 Å². The van der Waals surface area contributed by atoms with Crippen LogP contribution in [0.2, 0.25) is 0 Å². The van der Waals surface area contributed by atoms with E-state index in [0.29, 0.717) is 6.54 Å². The summed E-state index contributed by atoms with van der Waals surface area (Å²) in [6, 6.07) is 0. The molecule has 94 valence electrons. The Kier molecular flexibility index (Phi) is 3.36. The van der Waals surface area contributed by atoms with Crippen molar-refractivity contribution in [1.82, 2.24) is 9.55 Å². The highest BCUT2D eigenvalue weighted by Gasteiger charge is 2.39. The highest BCUT2D eigenvalue weighted by atomic mass is 16.4. The second-order valence-corrected chi connectivity index (χ2v) is 4.86. The molecule has 5 heteroatoms. The molecule has 1 fully saturated rings. The van der Waals surface area contributed by atoms with E-state index >= 15 is 0 Å². The SMILES string of the molecule is Cn1ccnc1NCC1(C(=O)O)CCCCC1. The number of nitrogens with one attached hydrogen (secondary N) is 1. The topological polar surface area (TPSA) is 67.2 Å². The van der Waals surface area contributed by atoms with Crippen molar-refractivity contribution in [2.45, 2.75) is 32.1 Å². The van der Waals surface area contributed by atoms with Crippen LogP contribution in [0.4, 0.5) is 5.95 Å². The van der Waals surface area contributed by atoms with Crippen LogP contribution in [0.1, 0.15) is 32.1 Å². The Morgan fingerprint density at radius 3 is 2.76 bits per heavy atom. The molecule has 1 saturated carbocycles. The Bertz CT molecular complexity index is 394. The molecule has 0 spiro atoms. The molecule has 2 rings (SSSR count). The quantitative estimate of drug-likeness (QED) is 0.839. The Hall–Kier alpha value is -1.52. The van der Waals surface area contributed by atoms with Gasteiger partial charge >= 0.3 is 5.97 Å². The predicted molar refractivity (Wildman–Crippen MR) is 64.9 cm³/mol. The van der Waals surface area contributed by atoms with Crippen LogP contribution in [-0.2, 0) is 11.8 Å². The van der Waals surface area contributed by atoms with Crippen molar-refractivity contribution in [1.29, 1.82) is 0 Å². The van der Waals surface area contributed by atoms with Gasteiger partial charge in [-0.05, 0) is 12.8 Å². The molecule has 0 unspecified atom stereocenters. The molecular formula is C12H19N3O2. The molecule has 1 aliphatic rings. The zero-order valence-electron chi connectivity index (χ0n) is 10.1. The average molecular weight is 237 g/mol. The number of carbonyl (C=O) groups is 1. The highest BCUT2D eigenvalue weighted by Crippen LogP contribution is 2.36. The van der Waals surface area contributed by atoms with Gasteiger partial charge in [-0.2, -0.15) is 0 Å². The van der Waals surface area contributed by atoms with Crippen LogP contribution in [0.25, 0.3) is 0 Å².